The number of aromatic amines is 1. The maximum Gasteiger partial charge on any atom is 0.326 e. The van der Waals surface area contributed by atoms with Crippen molar-refractivity contribution >= 4 is 53.3 Å². The number of carboxylic acid groups (broad SMARTS) is 2. The van der Waals surface area contributed by atoms with Gasteiger partial charge in [0.05, 0.1) is 25.3 Å². The van der Waals surface area contributed by atoms with Crippen molar-refractivity contribution in [3.05, 3.63) is 48.0 Å². The molecule has 2 aromatic rings. The number of rotatable bonds is 33. The molecule has 0 spiro atoms. The molecule has 2 rings (SSSR count). The van der Waals surface area contributed by atoms with Crippen LogP contribution in [0.1, 0.15) is 96.7 Å². The zero-order valence-electron chi connectivity index (χ0n) is 39.8. The summed E-state index contributed by atoms with van der Waals surface area (Å²) >= 11 is 0. The Hall–Kier alpha value is -6.66. The monoisotopic (exact) mass is 973 g/mol. The van der Waals surface area contributed by atoms with E-state index < -0.39 is 109 Å². The van der Waals surface area contributed by atoms with Crippen LogP contribution in [-0.4, -0.2) is 141 Å². The smallest absolute Gasteiger partial charge is 0.326 e. The molecule has 69 heavy (non-hydrogen) atoms. The lowest BCUT2D eigenvalue weighted by atomic mass is 9.97. The maximum absolute atomic E-state index is 14.0. The van der Waals surface area contributed by atoms with Gasteiger partial charge in [0.1, 0.15) is 42.0 Å². The fraction of sp³-hybridized carbons (Fsp3) is 0.600. The first-order valence-corrected chi connectivity index (χ1v) is 23.1. The van der Waals surface area contributed by atoms with Gasteiger partial charge in [-0.3, -0.25) is 38.4 Å². The molecular formula is C45H72N12O12. The molecule has 0 bridgehead atoms. The average molecular weight is 973 g/mol. The van der Waals surface area contributed by atoms with Crippen LogP contribution in [0.3, 0.4) is 0 Å². The topological polar surface area (TPSA) is 405 Å². The molecule has 7 amide bonds. The first-order valence-electron chi connectivity index (χ1n) is 23.1. The third-order valence-electron chi connectivity index (χ3n) is 11.1. The number of carboxylic acids is 2. The summed E-state index contributed by atoms with van der Waals surface area (Å²) in [6, 6.07) is -3.84. The van der Waals surface area contributed by atoms with Gasteiger partial charge in [0.25, 0.3) is 0 Å². The van der Waals surface area contributed by atoms with E-state index in [0.717, 1.165) is 0 Å². The van der Waals surface area contributed by atoms with Gasteiger partial charge < -0.3 is 74.7 Å². The van der Waals surface area contributed by atoms with Gasteiger partial charge in [0, 0.05) is 24.7 Å². The quantitative estimate of drug-likeness (QED) is 0.0350. The molecule has 17 N–H and O–H groups in total. The van der Waals surface area contributed by atoms with Crippen molar-refractivity contribution < 1.29 is 58.5 Å². The van der Waals surface area contributed by atoms with E-state index in [0.29, 0.717) is 36.9 Å². The van der Waals surface area contributed by atoms with Gasteiger partial charge in [-0.25, -0.2) is 9.78 Å². The van der Waals surface area contributed by atoms with E-state index in [4.69, 9.17) is 17.2 Å². The Bertz CT molecular complexity index is 1990. The highest BCUT2D eigenvalue weighted by Crippen LogP contribution is 2.14. The number of H-pyrrole nitrogens is 1. The highest BCUT2D eigenvalue weighted by molar-refractivity contribution is 5.98. The van der Waals surface area contributed by atoms with Crippen LogP contribution in [0.2, 0.25) is 0 Å². The van der Waals surface area contributed by atoms with E-state index in [9.17, 15) is 58.5 Å². The Morgan fingerprint density at radius 2 is 1.17 bits per heavy atom. The van der Waals surface area contributed by atoms with Crippen molar-refractivity contribution in [1.82, 2.24) is 47.2 Å². The number of phenolic OH excluding ortho intramolecular Hbond substituents is 1. The maximum atomic E-state index is 14.0. The summed E-state index contributed by atoms with van der Waals surface area (Å²) < 4.78 is 0. The minimum atomic E-state index is -1.84. The number of hydrogen-bond acceptors (Lipinski definition) is 14. The number of nitrogens with two attached hydrogens (primary N) is 3. The summed E-state index contributed by atoms with van der Waals surface area (Å²) in [6.45, 7) is 7.27. The van der Waals surface area contributed by atoms with E-state index in [1.165, 1.54) is 36.8 Å². The Kier molecular flexibility index (Phi) is 26.0. The number of nitrogens with zero attached hydrogens (tertiary/aromatic N) is 1. The zero-order chi connectivity index (χ0) is 51.6. The Morgan fingerprint density at radius 3 is 1.71 bits per heavy atom. The van der Waals surface area contributed by atoms with E-state index in [2.05, 4.69) is 47.2 Å². The van der Waals surface area contributed by atoms with Crippen molar-refractivity contribution in [2.45, 2.75) is 141 Å². The number of imidazole rings is 1. The van der Waals surface area contributed by atoms with Gasteiger partial charge in [-0.15, -0.1) is 0 Å². The van der Waals surface area contributed by atoms with Gasteiger partial charge in [0.15, 0.2) is 0 Å². The second kappa shape index (κ2) is 30.7. The normalized spacial score (nSPS) is 14.6. The third-order valence-corrected chi connectivity index (χ3v) is 11.1. The summed E-state index contributed by atoms with van der Waals surface area (Å²) in [7, 11) is 0. The van der Waals surface area contributed by atoms with E-state index in [1.807, 2.05) is 27.7 Å². The SMILES string of the molecule is CC[C@H](C)[C@@H](N)C(=O)N[C@H](CC(C)C)C(=O)NCC(=O)N[C@H](Cc1cnc[nH]1)C(=O)N[C@H](CCCCN)C(=O)N[C@H](CC(=O)O)C(=O)N[C@H](Cc1ccc(O)cc1)C(=O)N[C@H](CCCCN)C(=O)O. The van der Waals surface area contributed by atoms with Crippen LogP contribution in [0, 0.1) is 11.8 Å². The molecule has 384 valence electrons. The molecule has 0 unspecified atom stereocenters. The fourth-order valence-electron chi connectivity index (χ4n) is 6.91. The molecule has 0 radical (unpaired) electrons. The summed E-state index contributed by atoms with van der Waals surface area (Å²) in [4.78, 5) is 126. The van der Waals surface area contributed by atoms with Crippen LogP contribution in [-0.2, 0) is 56.0 Å². The molecule has 24 nitrogen and oxygen atoms in total. The highest BCUT2D eigenvalue weighted by Gasteiger charge is 2.34. The molecule has 0 saturated heterocycles. The first kappa shape index (κ1) is 58.5. The number of unbranched alkanes of at least 4 members (excludes halogenated alkanes) is 2. The van der Waals surface area contributed by atoms with Crippen molar-refractivity contribution in [1.29, 1.82) is 0 Å². The minimum absolute atomic E-state index is 0.0184. The van der Waals surface area contributed by atoms with Crippen molar-refractivity contribution in [3.63, 3.8) is 0 Å². The molecule has 0 fully saturated rings. The number of aliphatic carboxylic acids is 2. The lowest BCUT2D eigenvalue weighted by molar-refractivity contribution is -0.143. The van der Waals surface area contributed by atoms with Crippen LogP contribution in [0.4, 0.5) is 0 Å². The number of carbonyl (C=O) groups is 9. The van der Waals surface area contributed by atoms with Gasteiger partial charge in [-0.05, 0) is 87.6 Å². The molecule has 0 aliphatic rings. The number of aromatic hydroxyl groups is 1. The van der Waals surface area contributed by atoms with Crippen LogP contribution >= 0.6 is 0 Å². The summed E-state index contributed by atoms with van der Waals surface area (Å²) in [5.41, 5.74) is 18.1. The summed E-state index contributed by atoms with van der Waals surface area (Å²) in [5, 5.41) is 46.9. The van der Waals surface area contributed by atoms with E-state index >= 15 is 0 Å². The molecule has 0 aliphatic heterocycles. The lowest BCUT2D eigenvalue weighted by Gasteiger charge is -2.27. The predicted octanol–water partition coefficient (Wildman–Crippen LogP) is -1.84. The molecule has 1 aromatic carbocycles. The molecule has 24 heteroatoms. The number of nitrogens with one attached hydrogen (secondary N) is 8. The molecular weight excluding hydrogens is 901 g/mol. The highest BCUT2D eigenvalue weighted by atomic mass is 16.4. The zero-order valence-corrected chi connectivity index (χ0v) is 39.8. The molecule has 0 saturated carbocycles. The number of aromatic nitrogens is 2. The van der Waals surface area contributed by atoms with Crippen molar-refractivity contribution in [2.24, 2.45) is 29.0 Å². The number of phenols is 1. The average Bonchev–Trinajstić information content (AvgIpc) is 3.82. The molecule has 0 aliphatic carbocycles. The Balaban J connectivity index is 2.36. The number of hydrogen-bond donors (Lipinski definition) is 14. The standard InChI is InChI=1S/C45H72N12O12/c1-5-26(4)38(48)44(67)57-32(18-25(2)3)39(62)50-23-36(59)52-34(20-28-22-49-24-51-28)42(65)53-30(10-6-8-16-46)40(63)56-35(21-37(60)61)43(66)55-33(19-27-12-14-29(58)15-13-27)41(64)54-31(45(68)69)11-7-9-17-47/h12-15,22,24-26,30-35,38,58H,5-11,16-21,23,46-48H2,1-4H3,(H,49,51)(H,50,62)(H,52,59)(H,53,65)(H,54,64)(H,55,66)(H,56,63)(H,57,67)(H,60,61)(H,68,69)/t26-,30+,31+,32+,33+,34+,35+,38+/m0/s1. The fourth-order valence-corrected chi connectivity index (χ4v) is 6.91. The second-order valence-corrected chi connectivity index (χ2v) is 17.3. The van der Waals surface area contributed by atoms with Crippen LogP contribution < -0.4 is 54.4 Å². The van der Waals surface area contributed by atoms with Crippen molar-refractivity contribution in [3.8, 4) is 5.75 Å². The summed E-state index contributed by atoms with van der Waals surface area (Å²) in [5.74, 6) is -9.10. The van der Waals surface area contributed by atoms with Crippen LogP contribution in [0.15, 0.2) is 36.8 Å². The van der Waals surface area contributed by atoms with Crippen molar-refractivity contribution in [2.75, 3.05) is 19.6 Å². The van der Waals surface area contributed by atoms with Gasteiger partial charge in [-0.1, -0.05) is 46.2 Å². The third kappa shape index (κ3) is 21.9. The largest absolute Gasteiger partial charge is 0.508 e. The Labute approximate surface area is 401 Å². The van der Waals surface area contributed by atoms with E-state index in [-0.39, 0.29) is 69.2 Å². The molecule has 1 aromatic heterocycles. The second-order valence-electron chi connectivity index (χ2n) is 17.3. The van der Waals surface area contributed by atoms with E-state index in [1.54, 1.807) is 0 Å². The van der Waals surface area contributed by atoms with Crippen LogP contribution in [0.25, 0.3) is 0 Å². The number of benzene rings is 1. The number of carbonyl (C=O) groups excluding carboxylic acids is 7. The van der Waals surface area contributed by atoms with Gasteiger partial charge >= 0.3 is 11.9 Å². The minimum Gasteiger partial charge on any atom is -0.508 e. The summed E-state index contributed by atoms with van der Waals surface area (Å²) in [6.07, 6.45) is 3.67. The number of amides is 7. The molecule has 1 heterocycles. The first-order chi connectivity index (χ1) is 32.7. The predicted molar refractivity (Wildman–Crippen MR) is 251 cm³/mol. The van der Waals surface area contributed by atoms with Gasteiger partial charge in [-0.2, -0.15) is 0 Å². The lowest BCUT2D eigenvalue weighted by Crippen LogP contribution is -2.60. The van der Waals surface area contributed by atoms with Gasteiger partial charge in [0.2, 0.25) is 41.4 Å². The van der Waals surface area contributed by atoms with Crippen LogP contribution in [0.5, 0.6) is 5.75 Å². The Morgan fingerprint density at radius 1 is 0.652 bits per heavy atom. The molecule has 8 atom stereocenters.